The van der Waals surface area contributed by atoms with E-state index < -0.39 is 0 Å². The second-order valence-corrected chi connectivity index (χ2v) is 4.96. The first-order chi connectivity index (χ1) is 11.7. The number of allylic oxidation sites excluding steroid dienone is 1. The largest absolute Gasteiger partial charge is 0.497 e. The Morgan fingerprint density at radius 1 is 1.21 bits per heavy atom. The third-order valence-electron chi connectivity index (χ3n) is 3.21. The number of para-hydroxylation sites is 1. The number of benzene rings is 2. The number of hydrogen-bond donors (Lipinski definition) is 1. The van der Waals surface area contributed by atoms with Gasteiger partial charge in [0.05, 0.1) is 13.3 Å². The molecule has 0 aliphatic rings. The minimum atomic E-state index is -0.326. The minimum absolute atomic E-state index is 0.103. The van der Waals surface area contributed by atoms with Gasteiger partial charge in [0.1, 0.15) is 11.5 Å². The van der Waals surface area contributed by atoms with Crippen LogP contribution in [0.2, 0.25) is 0 Å². The van der Waals surface area contributed by atoms with Crippen LogP contribution in [0.1, 0.15) is 11.1 Å². The van der Waals surface area contributed by atoms with E-state index in [1.54, 1.807) is 19.4 Å². The molecule has 0 aromatic heterocycles. The number of amides is 1. The van der Waals surface area contributed by atoms with Crippen LogP contribution >= 0.6 is 0 Å². The molecule has 0 unspecified atom stereocenters. The lowest BCUT2D eigenvalue weighted by molar-refractivity contribution is -0.123. The molecule has 0 heterocycles. The van der Waals surface area contributed by atoms with Crippen molar-refractivity contribution < 1.29 is 14.3 Å². The molecule has 5 heteroatoms. The molecular weight excluding hydrogens is 304 g/mol. The van der Waals surface area contributed by atoms with Crippen LogP contribution in [0.3, 0.4) is 0 Å². The monoisotopic (exact) mass is 324 g/mol. The van der Waals surface area contributed by atoms with E-state index in [4.69, 9.17) is 9.47 Å². The molecule has 1 amide bonds. The Kier molecular flexibility index (Phi) is 6.58. The van der Waals surface area contributed by atoms with E-state index in [0.717, 1.165) is 16.9 Å². The van der Waals surface area contributed by atoms with Gasteiger partial charge < -0.3 is 9.47 Å². The zero-order valence-electron chi connectivity index (χ0n) is 13.6. The summed E-state index contributed by atoms with van der Waals surface area (Å²) in [5.74, 6) is 1.11. The topological polar surface area (TPSA) is 59.9 Å². The average Bonchev–Trinajstić information content (AvgIpc) is 2.62. The lowest BCUT2D eigenvalue weighted by Crippen LogP contribution is -2.24. The summed E-state index contributed by atoms with van der Waals surface area (Å²) < 4.78 is 10.6. The number of nitrogens with one attached hydrogen (secondary N) is 1. The van der Waals surface area contributed by atoms with Crippen molar-refractivity contribution in [2.75, 3.05) is 13.7 Å². The standard InChI is InChI=1S/C19H20N2O3/c1-3-6-16-7-4-5-8-18(16)24-14-19(22)21-20-13-15-9-11-17(23-2)12-10-15/h3-5,7-13H,1,6,14H2,2H3,(H,21,22)/b20-13+. The molecule has 0 bridgehead atoms. The molecule has 0 saturated heterocycles. The first-order valence-corrected chi connectivity index (χ1v) is 7.50. The van der Waals surface area contributed by atoms with Crippen LogP contribution in [0.4, 0.5) is 0 Å². The molecule has 0 fully saturated rings. The number of hydrazone groups is 1. The van der Waals surface area contributed by atoms with E-state index in [0.29, 0.717) is 12.2 Å². The molecule has 124 valence electrons. The highest BCUT2D eigenvalue weighted by molar-refractivity contribution is 5.83. The fourth-order valence-electron chi connectivity index (χ4n) is 2.01. The van der Waals surface area contributed by atoms with E-state index in [-0.39, 0.29) is 12.5 Å². The Labute approximate surface area is 141 Å². The molecule has 1 N–H and O–H groups in total. The summed E-state index contributed by atoms with van der Waals surface area (Å²) in [5.41, 5.74) is 4.28. The van der Waals surface area contributed by atoms with Crippen molar-refractivity contribution in [3.8, 4) is 11.5 Å². The molecule has 2 rings (SSSR count). The fourth-order valence-corrected chi connectivity index (χ4v) is 2.01. The molecule has 0 saturated carbocycles. The smallest absolute Gasteiger partial charge is 0.277 e. The van der Waals surface area contributed by atoms with Gasteiger partial charge in [-0.3, -0.25) is 4.79 Å². The number of carbonyl (C=O) groups is 1. The molecule has 0 spiro atoms. The summed E-state index contributed by atoms with van der Waals surface area (Å²) in [5, 5.41) is 3.91. The van der Waals surface area contributed by atoms with Crippen molar-refractivity contribution in [2.24, 2.45) is 5.10 Å². The van der Waals surface area contributed by atoms with Crippen molar-refractivity contribution in [3.63, 3.8) is 0 Å². The Morgan fingerprint density at radius 2 is 1.96 bits per heavy atom. The van der Waals surface area contributed by atoms with Gasteiger partial charge in [0.2, 0.25) is 0 Å². The number of carbonyl (C=O) groups excluding carboxylic acids is 1. The van der Waals surface area contributed by atoms with Gasteiger partial charge >= 0.3 is 0 Å². The van der Waals surface area contributed by atoms with Crippen LogP contribution in [0, 0.1) is 0 Å². The molecule has 24 heavy (non-hydrogen) atoms. The van der Waals surface area contributed by atoms with Crippen LogP contribution in [-0.2, 0) is 11.2 Å². The first-order valence-electron chi connectivity index (χ1n) is 7.50. The van der Waals surface area contributed by atoms with Gasteiger partial charge in [0.25, 0.3) is 5.91 Å². The van der Waals surface area contributed by atoms with Crippen molar-refractivity contribution in [3.05, 3.63) is 72.3 Å². The normalized spacial score (nSPS) is 10.4. The van der Waals surface area contributed by atoms with E-state index in [9.17, 15) is 4.79 Å². The summed E-state index contributed by atoms with van der Waals surface area (Å²) in [6.45, 7) is 3.61. The van der Waals surface area contributed by atoms with Gasteiger partial charge in [-0.2, -0.15) is 5.10 Å². The second-order valence-electron chi connectivity index (χ2n) is 4.96. The van der Waals surface area contributed by atoms with Crippen LogP contribution in [-0.4, -0.2) is 25.8 Å². The zero-order chi connectivity index (χ0) is 17.2. The Balaban J connectivity index is 1.83. The number of nitrogens with zero attached hydrogens (tertiary/aromatic N) is 1. The maximum absolute atomic E-state index is 11.8. The first kappa shape index (κ1) is 17.3. The highest BCUT2D eigenvalue weighted by Crippen LogP contribution is 2.18. The lowest BCUT2D eigenvalue weighted by atomic mass is 10.1. The van der Waals surface area contributed by atoms with Crippen LogP contribution in [0.15, 0.2) is 66.3 Å². The van der Waals surface area contributed by atoms with Gasteiger partial charge in [0.15, 0.2) is 6.61 Å². The predicted molar refractivity (Wildman–Crippen MR) is 94.6 cm³/mol. The predicted octanol–water partition coefficient (Wildman–Crippen LogP) is 2.95. The van der Waals surface area contributed by atoms with Crippen LogP contribution in [0.5, 0.6) is 11.5 Å². The van der Waals surface area contributed by atoms with Crippen LogP contribution in [0.25, 0.3) is 0 Å². The highest BCUT2D eigenvalue weighted by atomic mass is 16.5. The van der Waals surface area contributed by atoms with Gasteiger partial charge in [-0.25, -0.2) is 5.43 Å². The third-order valence-corrected chi connectivity index (χ3v) is 3.21. The van der Waals surface area contributed by atoms with Gasteiger partial charge in [-0.05, 0) is 47.9 Å². The summed E-state index contributed by atoms with van der Waals surface area (Å²) in [4.78, 5) is 11.8. The molecule has 0 radical (unpaired) electrons. The second kappa shape index (κ2) is 9.15. The van der Waals surface area contributed by atoms with Gasteiger partial charge in [0, 0.05) is 0 Å². The number of methoxy groups -OCH3 is 1. The van der Waals surface area contributed by atoms with E-state index >= 15 is 0 Å². The Hall–Kier alpha value is -3.08. The molecule has 2 aromatic rings. The van der Waals surface area contributed by atoms with Crippen LogP contribution < -0.4 is 14.9 Å². The van der Waals surface area contributed by atoms with Crippen molar-refractivity contribution in [1.82, 2.24) is 5.43 Å². The van der Waals surface area contributed by atoms with E-state index in [2.05, 4.69) is 17.1 Å². The molecule has 0 aliphatic heterocycles. The quantitative estimate of drug-likeness (QED) is 0.461. The van der Waals surface area contributed by atoms with Crippen molar-refractivity contribution >= 4 is 12.1 Å². The average molecular weight is 324 g/mol. The highest BCUT2D eigenvalue weighted by Gasteiger charge is 2.05. The molecule has 5 nitrogen and oxygen atoms in total. The Bertz CT molecular complexity index is 709. The third kappa shape index (κ3) is 5.28. The maximum Gasteiger partial charge on any atom is 0.277 e. The Morgan fingerprint density at radius 3 is 2.67 bits per heavy atom. The number of hydrogen-bond acceptors (Lipinski definition) is 4. The summed E-state index contributed by atoms with van der Waals surface area (Å²) in [6, 6.07) is 14.9. The SMILES string of the molecule is C=CCc1ccccc1OCC(=O)N/N=C/c1ccc(OC)cc1. The summed E-state index contributed by atoms with van der Waals surface area (Å²) in [7, 11) is 1.61. The molecule has 2 aromatic carbocycles. The summed E-state index contributed by atoms with van der Waals surface area (Å²) >= 11 is 0. The number of rotatable bonds is 8. The van der Waals surface area contributed by atoms with Gasteiger partial charge in [-0.1, -0.05) is 24.3 Å². The zero-order valence-corrected chi connectivity index (χ0v) is 13.6. The molecular formula is C19H20N2O3. The van der Waals surface area contributed by atoms with Gasteiger partial charge in [-0.15, -0.1) is 6.58 Å². The fraction of sp³-hybridized carbons (Fsp3) is 0.158. The van der Waals surface area contributed by atoms with Crippen molar-refractivity contribution in [1.29, 1.82) is 0 Å². The van der Waals surface area contributed by atoms with Crippen molar-refractivity contribution in [2.45, 2.75) is 6.42 Å². The number of ether oxygens (including phenoxy) is 2. The van der Waals surface area contributed by atoms with E-state index in [1.165, 1.54) is 0 Å². The molecule has 0 aliphatic carbocycles. The van der Waals surface area contributed by atoms with E-state index in [1.807, 2.05) is 48.5 Å². The summed E-state index contributed by atoms with van der Waals surface area (Å²) in [6.07, 6.45) is 4.04. The maximum atomic E-state index is 11.8. The minimum Gasteiger partial charge on any atom is -0.497 e. The molecule has 0 atom stereocenters. The lowest BCUT2D eigenvalue weighted by Gasteiger charge is -2.09.